The highest BCUT2D eigenvalue weighted by molar-refractivity contribution is 4.71. The van der Waals surface area contributed by atoms with Crippen molar-refractivity contribution >= 4 is 0 Å². The summed E-state index contributed by atoms with van der Waals surface area (Å²) >= 11 is 0. The molecular formula is C10H19. The zero-order valence-corrected chi connectivity index (χ0v) is 7.10. The van der Waals surface area contributed by atoms with E-state index in [4.69, 9.17) is 0 Å². The Labute approximate surface area is 65.0 Å². The molecule has 1 radical (unpaired) electrons. The van der Waals surface area contributed by atoms with Crippen molar-refractivity contribution in [3.8, 4) is 0 Å². The van der Waals surface area contributed by atoms with Crippen LogP contribution in [0.3, 0.4) is 0 Å². The molecule has 1 saturated carbocycles. The van der Waals surface area contributed by atoms with E-state index >= 15 is 0 Å². The van der Waals surface area contributed by atoms with Gasteiger partial charge in [-0.1, -0.05) is 52.4 Å². The van der Waals surface area contributed by atoms with Gasteiger partial charge in [-0.25, -0.2) is 0 Å². The molecule has 1 aliphatic carbocycles. The minimum Gasteiger partial charge on any atom is -0.0622 e. The SMILES string of the molecule is [CH2]CC(C)C1CCCCC1. The highest BCUT2D eigenvalue weighted by Gasteiger charge is 2.17. The molecule has 0 saturated heterocycles. The van der Waals surface area contributed by atoms with E-state index in [0.717, 1.165) is 18.3 Å². The van der Waals surface area contributed by atoms with E-state index in [9.17, 15) is 0 Å². The molecule has 0 heterocycles. The van der Waals surface area contributed by atoms with E-state index in [1.54, 1.807) is 0 Å². The van der Waals surface area contributed by atoms with Crippen molar-refractivity contribution in [1.29, 1.82) is 0 Å². The highest BCUT2D eigenvalue weighted by atomic mass is 14.2. The van der Waals surface area contributed by atoms with Crippen molar-refractivity contribution in [2.24, 2.45) is 11.8 Å². The van der Waals surface area contributed by atoms with E-state index in [1.807, 2.05) is 0 Å². The van der Waals surface area contributed by atoms with E-state index in [-0.39, 0.29) is 0 Å². The molecule has 0 nitrogen and oxygen atoms in total. The van der Waals surface area contributed by atoms with Crippen molar-refractivity contribution in [3.63, 3.8) is 0 Å². The van der Waals surface area contributed by atoms with Gasteiger partial charge in [-0.05, 0) is 11.8 Å². The number of hydrogen-bond donors (Lipinski definition) is 0. The average Bonchev–Trinajstić information content (AvgIpc) is 2.05. The number of rotatable bonds is 2. The van der Waals surface area contributed by atoms with Gasteiger partial charge in [0, 0.05) is 0 Å². The highest BCUT2D eigenvalue weighted by Crippen LogP contribution is 2.30. The van der Waals surface area contributed by atoms with Crippen molar-refractivity contribution in [1.82, 2.24) is 0 Å². The van der Waals surface area contributed by atoms with Crippen LogP contribution in [0, 0.1) is 18.8 Å². The molecule has 1 unspecified atom stereocenters. The number of hydrogen-bond acceptors (Lipinski definition) is 0. The van der Waals surface area contributed by atoms with Gasteiger partial charge in [0.15, 0.2) is 0 Å². The lowest BCUT2D eigenvalue weighted by molar-refractivity contribution is 0.264. The summed E-state index contributed by atoms with van der Waals surface area (Å²) in [4.78, 5) is 0. The largest absolute Gasteiger partial charge is 0.0622 e. The van der Waals surface area contributed by atoms with Crippen LogP contribution in [0.15, 0.2) is 0 Å². The van der Waals surface area contributed by atoms with Crippen molar-refractivity contribution < 1.29 is 0 Å². The molecule has 59 valence electrons. The molecule has 0 spiro atoms. The van der Waals surface area contributed by atoms with Crippen LogP contribution in [0.2, 0.25) is 0 Å². The molecule has 0 heteroatoms. The maximum absolute atomic E-state index is 3.96. The lowest BCUT2D eigenvalue weighted by Gasteiger charge is -2.26. The van der Waals surface area contributed by atoms with Gasteiger partial charge in [-0.15, -0.1) is 0 Å². The van der Waals surface area contributed by atoms with Crippen LogP contribution in [-0.4, -0.2) is 0 Å². The Morgan fingerprint density at radius 3 is 2.40 bits per heavy atom. The fourth-order valence-corrected chi connectivity index (χ4v) is 1.94. The van der Waals surface area contributed by atoms with E-state index in [0.29, 0.717) is 0 Å². The van der Waals surface area contributed by atoms with Crippen LogP contribution in [0.25, 0.3) is 0 Å². The Hall–Kier alpha value is 0. The van der Waals surface area contributed by atoms with Crippen LogP contribution in [0.5, 0.6) is 0 Å². The van der Waals surface area contributed by atoms with Gasteiger partial charge in [0.2, 0.25) is 0 Å². The first-order chi connectivity index (χ1) is 4.84. The van der Waals surface area contributed by atoms with Gasteiger partial charge in [0.1, 0.15) is 0 Å². The van der Waals surface area contributed by atoms with Gasteiger partial charge >= 0.3 is 0 Å². The Kier molecular flexibility index (Phi) is 3.24. The van der Waals surface area contributed by atoms with Gasteiger partial charge in [-0.2, -0.15) is 0 Å². The van der Waals surface area contributed by atoms with Crippen molar-refractivity contribution in [2.45, 2.75) is 45.4 Å². The second-order valence-corrected chi connectivity index (χ2v) is 3.66. The molecule has 0 amide bonds. The fraction of sp³-hybridized carbons (Fsp3) is 0.900. The molecule has 1 rings (SSSR count). The van der Waals surface area contributed by atoms with Crippen LogP contribution >= 0.6 is 0 Å². The maximum Gasteiger partial charge on any atom is -0.0388 e. The van der Waals surface area contributed by atoms with Gasteiger partial charge in [0.25, 0.3) is 0 Å². The van der Waals surface area contributed by atoms with Crippen LogP contribution in [0.4, 0.5) is 0 Å². The predicted octanol–water partition coefficient (Wildman–Crippen LogP) is 3.43. The first-order valence-electron chi connectivity index (χ1n) is 4.64. The van der Waals surface area contributed by atoms with Crippen molar-refractivity contribution in [2.75, 3.05) is 0 Å². The Morgan fingerprint density at radius 1 is 1.30 bits per heavy atom. The summed E-state index contributed by atoms with van der Waals surface area (Å²) in [6.45, 7) is 6.31. The zero-order chi connectivity index (χ0) is 7.40. The molecular weight excluding hydrogens is 120 g/mol. The van der Waals surface area contributed by atoms with Gasteiger partial charge < -0.3 is 0 Å². The van der Waals surface area contributed by atoms with E-state index in [2.05, 4.69) is 13.8 Å². The molecule has 0 aliphatic heterocycles. The topological polar surface area (TPSA) is 0 Å². The standard InChI is InChI=1S/C10H19/c1-3-9(2)10-7-5-4-6-8-10/h9-10H,1,3-8H2,2H3. The third kappa shape index (κ3) is 2.00. The summed E-state index contributed by atoms with van der Waals surface area (Å²) in [7, 11) is 0. The molecule has 1 fully saturated rings. The van der Waals surface area contributed by atoms with Crippen LogP contribution in [-0.2, 0) is 0 Å². The first-order valence-corrected chi connectivity index (χ1v) is 4.64. The van der Waals surface area contributed by atoms with Gasteiger partial charge in [-0.3, -0.25) is 0 Å². The molecule has 1 aliphatic rings. The predicted molar refractivity (Wildman–Crippen MR) is 45.7 cm³/mol. The molecule has 0 aromatic heterocycles. The molecule has 1 atom stereocenters. The minimum absolute atomic E-state index is 0.875. The first kappa shape index (κ1) is 8.10. The van der Waals surface area contributed by atoms with E-state index < -0.39 is 0 Å². The maximum atomic E-state index is 3.96. The van der Waals surface area contributed by atoms with Crippen LogP contribution < -0.4 is 0 Å². The molecule has 0 N–H and O–H groups in total. The summed E-state index contributed by atoms with van der Waals surface area (Å²) in [5.74, 6) is 1.88. The Morgan fingerprint density at radius 2 is 1.90 bits per heavy atom. The quantitative estimate of drug-likeness (QED) is 0.550. The second-order valence-electron chi connectivity index (χ2n) is 3.66. The molecule has 0 bridgehead atoms. The monoisotopic (exact) mass is 139 g/mol. The molecule has 0 aromatic rings. The average molecular weight is 139 g/mol. The Bertz CT molecular complexity index is 80.0. The summed E-state index contributed by atoms with van der Waals surface area (Å²) in [5.41, 5.74) is 0. The summed E-state index contributed by atoms with van der Waals surface area (Å²) < 4.78 is 0. The Balaban J connectivity index is 2.24. The summed E-state index contributed by atoms with van der Waals surface area (Å²) in [5, 5.41) is 0. The lowest BCUT2D eigenvalue weighted by Crippen LogP contribution is -2.14. The second kappa shape index (κ2) is 4.00. The third-order valence-corrected chi connectivity index (χ3v) is 2.91. The summed E-state index contributed by atoms with van der Waals surface area (Å²) in [6, 6.07) is 0. The van der Waals surface area contributed by atoms with Crippen LogP contribution in [0.1, 0.15) is 45.4 Å². The fourth-order valence-electron chi connectivity index (χ4n) is 1.94. The molecule has 10 heavy (non-hydrogen) atoms. The van der Waals surface area contributed by atoms with Crippen molar-refractivity contribution in [3.05, 3.63) is 6.92 Å². The summed E-state index contributed by atoms with van der Waals surface area (Å²) in [6.07, 6.45) is 8.47. The normalized spacial score (nSPS) is 24.6. The lowest BCUT2D eigenvalue weighted by atomic mass is 9.80. The minimum atomic E-state index is 0.875. The van der Waals surface area contributed by atoms with E-state index in [1.165, 1.54) is 32.1 Å². The third-order valence-electron chi connectivity index (χ3n) is 2.91. The molecule has 0 aromatic carbocycles. The smallest absolute Gasteiger partial charge is 0.0388 e. The zero-order valence-electron chi connectivity index (χ0n) is 7.10. The van der Waals surface area contributed by atoms with Gasteiger partial charge in [0.05, 0.1) is 0 Å².